The van der Waals surface area contributed by atoms with Gasteiger partial charge in [0, 0.05) is 0 Å². The van der Waals surface area contributed by atoms with E-state index in [0.717, 1.165) is 16.9 Å². The molecule has 2 aromatic rings. The summed E-state index contributed by atoms with van der Waals surface area (Å²) >= 11 is 12.7. The van der Waals surface area contributed by atoms with Crippen molar-refractivity contribution < 1.29 is 9.18 Å². The van der Waals surface area contributed by atoms with Crippen LogP contribution in [-0.4, -0.2) is 5.78 Å². The average molecular weight is 289 g/mol. The van der Waals surface area contributed by atoms with E-state index in [1.165, 1.54) is 18.2 Å². The highest BCUT2D eigenvalue weighted by Crippen LogP contribution is 2.33. The van der Waals surface area contributed by atoms with Gasteiger partial charge >= 0.3 is 0 Å². The number of ketones is 1. The van der Waals surface area contributed by atoms with Gasteiger partial charge in [0.1, 0.15) is 10.2 Å². The maximum Gasteiger partial charge on any atom is 0.198 e. The molecule has 88 valence electrons. The molecule has 0 saturated carbocycles. The second-order valence-electron chi connectivity index (χ2n) is 3.55. The lowest BCUT2D eigenvalue weighted by atomic mass is 10.0. The van der Waals surface area contributed by atoms with Gasteiger partial charge in [-0.1, -0.05) is 29.3 Å². The highest BCUT2D eigenvalue weighted by molar-refractivity contribution is 7.20. The van der Waals surface area contributed by atoms with Crippen LogP contribution < -0.4 is 0 Å². The van der Waals surface area contributed by atoms with E-state index in [1.807, 2.05) is 0 Å². The van der Waals surface area contributed by atoms with Gasteiger partial charge in [-0.25, -0.2) is 4.39 Å². The molecule has 0 aliphatic heterocycles. The highest BCUT2D eigenvalue weighted by atomic mass is 35.5. The Morgan fingerprint density at radius 1 is 1.24 bits per heavy atom. The molecular formula is C12H7Cl2FOS. The molecule has 0 saturated heterocycles. The topological polar surface area (TPSA) is 17.1 Å². The molecule has 0 spiro atoms. The van der Waals surface area contributed by atoms with Gasteiger partial charge in [-0.2, -0.15) is 0 Å². The fourth-order valence-corrected chi connectivity index (χ4v) is 2.90. The summed E-state index contributed by atoms with van der Waals surface area (Å²) in [6, 6.07) is 5.90. The van der Waals surface area contributed by atoms with E-state index in [1.54, 1.807) is 13.0 Å². The van der Waals surface area contributed by atoms with E-state index < -0.39 is 11.6 Å². The quantitative estimate of drug-likeness (QED) is 0.730. The molecule has 1 aromatic heterocycles. The van der Waals surface area contributed by atoms with Crippen molar-refractivity contribution in [3.05, 3.63) is 55.4 Å². The van der Waals surface area contributed by atoms with E-state index in [0.29, 0.717) is 4.34 Å². The number of hydrogen-bond donors (Lipinski definition) is 0. The van der Waals surface area contributed by atoms with Crippen LogP contribution in [0, 0.1) is 12.7 Å². The SMILES string of the molecule is Cc1ccc(C(=O)c2cc(Cl)sc2Cl)c(F)c1. The van der Waals surface area contributed by atoms with Gasteiger partial charge in [-0.15, -0.1) is 11.3 Å². The normalized spacial score (nSPS) is 10.6. The van der Waals surface area contributed by atoms with Crippen LogP contribution in [0.4, 0.5) is 4.39 Å². The van der Waals surface area contributed by atoms with Gasteiger partial charge in [-0.05, 0) is 30.7 Å². The summed E-state index contributed by atoms with van der Waals surface area (Å²) in [4.78, 5) is 12.0. The van der Waals surface area contributed by atoms with E-state index in [2.05, 4.69) is 0 Å². The van der Waals surface area contributed by atoms with Crippen molar-refractivity contribution in [2.45, 2.75) is 6.92 Å². The van der Waals surface area contributed by atoms with Crippen molar-refractivity contribution in [1.29, 1.82) is 0 Å². The standard InChI is InChI=1S/C12H7Cl2FOS/c1-6-2-3-7(9(15)4-6)11(16)8-5-10(13)17-12(8)14/h2-5H,1H3. The number of carbonyl (C=O) groups excluding carboxylic acids is 1. The van der Waals surface area contributed by atoms with E-state index in [9.17, 15) is 9.18 Å². The van der Waals surface area contributed by atoms with Crippen LogP contribution in [0.2, 0.25) is 8.67 Å². The van der Waals surface area contributed by atoms with E-state index in [-0.39, 0.29) is 15.5 Å². The van der Waals surface area contributed by atoms with Crippen LogP contribution in [0.25, 0.3) is 0 Å². The number of rotatable bonds is 2. The Morgan fingerprint density at radius 2 is 1.94 bits per heavy atom. The van der Waals surface area contributed by atoms with Crippen LogP contribution in [-0.2, 0) is 0 Å². The number of hydrogen-bond acceptors (Lipinski definition) is 2. The first-order valence-corrected chi connectivity index (χ1v) is 6.32. The Kier molecular flexibility index (Phi) is 3.52. The zero-order valence-corrected chi connectivity index (χ0v) is 11.1. The molecule has 5 heteroatoms. The lowest BCUT2D eigenvalue weighted by Gasteiger charge is -2.02. The molecule has 0 atom stereocenters. The summed E-state index contributed by atoms with van der Waals surface area (Å²) in [5, 5.41) is 0. The predicted octanol–water partition coefficient (Wildman–Crippen LogP) is 4.73. The van der Waals surface area contributed by atoms with Gasteiger partial charge in [0.15, 0.2) is 5.78 Å². The summed E-state index contributed by atoms with van der Waals surface area (Å²) in [7, 11) is 0. The number of halogens is 3. The first kappa shape index (κ1) is 12.6. The molecule has 17 heavy (non-hydrogen) atoms. The molecule has 0 bridgehead atoms. The Bertz CT molecular complexity index is 592. The van der Waals surface area contributed by atoms with Gasteiger partial charge in [-0.3, -0.25) is 4.79 Å². The summed E-state index contributed by atoms with van der Waals surface area (Å²) < 4.78 is 14.3. The Labute approximate surface area is 112 Å². The average Bonchev–Trinajstić information content (AvgIpc) is 2.57. The molecule has 1 nitrogen and oxygen atoms in total. The molecule has 0 fully saturated rings. The van der Waals surface area contributed by atoms with Crippen molar-refractivity contribution in [3.63, 3.8) is 0 Å². The van der Waals surface area contributed by atoms with Crippen LogP contribution in [0.15, 0.2) is 24.3 Å². The summed E-state index contributed by atoms with van der Waals surface area (Å²) in [6.45, 7) is 1.76. The Hall–Kier alpha value is -0.900. The number of carbonyl (C=O) groups is 1. The largest absolute Gasteiger partial charge is 0.288 e. The molecule has 0 amide bonds. The zero-order chi connectivity index (χ0) is 12.6. The fourth-order valence-electron chi connectivity index (χ4n) is 1.44. The Balaban J connectivity index is 2.47. The highest BCUT2D eigenvalue weighted by Gasteiger charge is 2.19. The lowest BCUT2D eigenvalue weighted by Crippen LogP contribution is -2.03. The third-order valence-corrected chi connectivity index (χ3v) is 3.76. The monoisotopic (exact) mass is 288 g/mol. The second-order valence-corrected chi connectivity index (χ2v) is 5.84. The van der Waals surface area contributed by atoms with Gasteiger partial charge in [0.05, 0.1) is 15.5 Å². The number of benzene rings is 1. The Morgan fingerprint density at radius 3 is 2.47 bits per heavy atom. The van der Waals surface area contributed by atoms with Crippen molar-refractivity contribution >= 4 is 40.3 Å². The zero-order valence-electron chi connectivity index (χ0n) is 8.76. The van der Waals surface area contributed by atoms with E-state index >= 15 is 0 Å². The predicted molar refractivity (Wildman–Crippen MR) is 68.9 cm³/mol. The van der Waals surface area contributed by atoms with Crippen molar-refractivity contribution in [1.82, 2.24) is 0 Å². The molecule has 2 rings (SSSR count). The minimum Gasteiger partial charge on any atom is -0.288 e. The summed E-state index contributed by atoms with van der Waals surface area (Å²) in [6.07, 6.45) is 0. The third-order valence-electron chi connectivity index (χ3n) is 2.27. The van der Waals surface area contributed by atoms with Gasteiger partial charge in [0.2, 0.25) is 0 Å². The van der Waals surface area contributed by atoms with Crippen molar-refractivity contribution in [2.24, 2.45) is 0 Å². The maximum absolute atomic E-state index is 13.6. The van der Waals surface area contributed by atoms with Crippen LogP contribution >= 0.6 is 34.5 Å². The number of thiophene rings is 1. The van der Waals surface area contributed by atoms with Crippen LogP contribution in [0.3, 0.4) is 0 Å². The maximum atomic E-state index is 13.6. The molecule has 0 radical (unpaired) electrons. The van der Waals surface area contributed by atoms with Crippen LogP contribution in [0.5, 0.6) is 0 Å². The number of aryl methyl sites for hydroxylation is 1. The van der Waals surface area contributed by atoms with Crippen molar-refractivity contribution in [2.75, 3.05) is 0 Å². The van der Waals surface area contributed by atoms with Gasteiger partial charge in [0.25, 0.3) is 0 Å². The first-order valence-electron chi connectivity index (χ1n) is 4.74. The summed E-state index contributed by atoms with van der Waals surface area (Å²) in [5.41, 5.74) is 1.00. The summed E-state index contributed by atoms with van der Waals surface area (Å²) in [5.74, 6) is -0.996. The first-order chi connectivity index (χ1) is 7.99. The molecule has 0 aliphatic carbocycles. The fraction of sp³-hybridized carbons (Fsp3) is 0.0833. The molecule has 0 unspecified atom stereocenters. The lowest BCUT2D eigenvalue weighted by molar-refractivity contribution is 0.103. The molecule has 1 aromatic carbocycles. The van der Waals surface area contributed by atoms with Crippen molar-refractivity contribution in [3.8, 4) is 0 Å². The molecule has 0 aliphatic rings. The minimum absolute atomic E-state index is 0.00645. The second kappa shape index (κ2) is 4.77. The van der Waals surface area contributed by atoms with Gasteiger partial charge < -0.3 is 0 Å². The molecule has 1 heterocycles. The third kappa shape index (κ3) is 2.51. The minimum atomic E-state index is -0.548. The van der Waals surface area contributed by atoms with Crippen LogP contribution in [0.1, 0.15) is 21.5 Å². The molecular weight excluding hydrogens is 282 g/mol. The molecule has 0 N–H and O–H groups in total. The van der Waals surface area contributed by atoms with E-state index in [4.69, 9.17) is 23.2 Å². The smallest absolute Gasteiger partial charge is 0.198 e.